The summed E-state index contributed by atoms with van der Waals surface area (Å²) >= 11 is 0. The van der Waals surface area contributed by atoms with Crippen molar-refractivity contribution in [1.29, 1.82) is 0 Å². The van der Waals surface area contributed by atoms with Crippen molar-refractivity contribution in [3.8, 4) is 5.75 Å². The number of hydrogen-bond donors (Lipinski definition) is 0. The van der Waals surface area contributed by atoms with E-state index in [4.69, 9.17) is 18.3 Å². The Hall–Kier alpha value is -4.72. The zero-order chi connectivity index (χ0) is 26.2. The fraction of sp³-hybridized carbons (Fsp3) is 0.138. The Morgan fingerprint density at radius 1 is 0.919 bits per heavy atom. The summed E-state index contributed by atoms with van der Waals surface area (Å²) in [4.78, 5) is 37.6. The maximum Gasteiger partial charge on any atom is 0.330 e. The summed E-state index contributed by atoms with van der Waals surface area (Å²) < 4.78 is 35.3. The standard InChI is InChI=1S/C29H23FO7/c1-2-26(32)34-15-14-23-17-24(31)28(35-18-20-6-4-3-5-7-20)29(37-23)27(33)25-13-12-22(36-25)16-19-8-10-21(30)11-9-19/h2-13,17H,1,14-16,18H2. The third kappa shape index (κ3) is 6.70. The average molecular weight is 502 g/mol. The first kappa shape index (κ1) is 25.4. The highest BCUT2D eigenvalue weighted by molar-refractivity contribution is 6.06. The highest BCUT2D eigenvalue weighted by Crippen LogP contribution is 2.23. The monoisotopic (exact) mass is 502 g/mol. The molecule has 4 rings (SSSR count). The van der Waals surface area contributed by atoms with E-state index >= 15 is 0 Å². The Labute approximate surface area is 211 Å². The molecule has 7 nitrogen and oxygen atoms in total. The summed E-state index contributed by atoms with van der Waals surface area (Å²) in [6, 6.07) is 19.4. The molecule has 188 valence electrons. The summed E-state index contributed by atoms with van der Waals surface area (Å²) in [7, 11) is 0. The van der Waals surface area contributed by atoms with Gasteiger partial charge in [0.2, 0.25) is 16.9 Å². The van der Waals surface area contributed by atoms with E-state index in [1.54, 1.807) is 18.2 Å². The molecule has 0 amide bonds. The minimum Gasteiger partial charge on any atom is -0.481 e. The van der Waals surface area contributed by atoms with Crippen molar-refractivity contribution in [1.82, 2.24) is 0 Å². The van der Waals surface area contributed by atoms with Gasteiger partial charge in [-0.2, -0.15) is 0 Å². The van der Waals surface area contributed by atoms with Crippen molar-refractivity contribution in [2.24, 2.45) is 0 Å². The number of carbonyl (C=O) groups excluding carboxylic acids is 2. The molecule has 0 unspecified atom stereocenters. The third-order valence-electron chi connectivity index (χ3n) is 5.32. The van der Waals surface area contributed by atoms with Gasteiger partial charge < -0.3 is 18.3 Å². The number of rotatable bonds is 11. The lowest BCUT2D eigenvalue weighted by Gasteiger charge is -2.11. The van der Waals surface area contributed by atoms with Crippen molar-refractivity contribution in [2.75, 3.05) is 6.61 Å². The van der Waals surface area contributed by atoms with Crippen LogP contribution in [0, 0.1) is 5.82 Å². The van der Waals surface area contributed by atoms with Gasteiger partial charge >= 0.3 is 5.97 Å². The molecule has 0 fully saturated rings. The molecule has 0 atom stereocenters. The van der Waals surface area contributed by atoms with Crippen molar-refractivity contribution in [2.45, 2.75) is 19.4 Å². The van der Waals surface area contributed by atoms with Crippen LogP contribution in [0.1, 0.15) is 39.0 Å². The molecule has 0 radical (unpaired) electrons. The van der Waals surface area contributed by atoms with Gasteiger partial charge in [-0.25, -0.2) is 9.18 Å². The molecule has 0 saturated heterocycles. The fourth-order valence-electron chi connectivity index (χ4n) is 3.49. The van der Waals surface area contributed by atoms with E-state index in [0.29, 0.717) is 12.2 Å². The SMILES string of the molecule is C=CC(=O)OCCc1cc(=O)c(OCc2ccccc2)c(C(=O)c2ccc(Cc3ccc(F)cc3)o2)o1. The van der Waals surface area contributed by atoms with Crippen LogP contribution in [0.4, 0.5) is 4.39 Å². The summed E-state index contributed by atoms with van der Waals surface area (Å²) in [6.07, 6.45) is 1.41. The van der Waals surface area contributed by atoms with E-state index in [2.05, 4.69) is 6.58 Å². The molecule has 0 bridgehead atoms. The topological polar surface area (TPSA) is 96.0 Å². The second-order valence-electron chi connectivity index (χ2n) is 8.03. The lowest BCUT2D eigenvalue weighted by Crippen LogP contribution is -2.16. The largest absolute Gasteiger partial charge is 0.481 e. The summed E-state index contributed by atoms with van der Waals surface area (Å²) in [5.41, 5.74) is 1.03. The molecular formula is C29H23FO7. The normalized spacial score (nSPS) is 10.6. The Morgan fingerprint density at radius 3 is 2.41 bits per heavy atom. The molecule has 8 heteroatoms. The smallest absolute Gasteiger partial charge is 0.330 e. The first-order chi connectivity index (χ1) is 17.9. The lowest BCUT2D eigenvalue weighted by atomic mass is 10.1. The Bertz CT molecular complexity index is 1450. The van der Waals surface area contributed by atoms with Crippen molar-refractivity contribution in [3.05, 3.63) is 136 Å². The quantitative estimate of drug-likeness (QED) is 0.161. The first-order valence-electron chi connectivity index (χ1n) is 11.4. The molecule has 0 aliphatic rings. The maximum absolute atomic E-state index is 13.4. The second kappa shape index (κ2) is 11.8. The fourth-order valence-corrected chi connectivity index (χ4v) is 3.49. The summed E-state index contributed by atoms with van der Waals surface area (Å²) in [5.74, 6) is -1.68. The van der Waals surface area contributed by atoms with E-state index in [0.717, 1.165) is 17.2 Å². The number of ether oxygens (including phenoxy) is 2. The van der Waals surface area contributed by atoms with Crippen LogP contribution >= 0.6 is 0 Å². The van der Waals surface area contributed by atoms with Crippen LogP contribution in [0.2, 0.25) is 0 Å². The van der Waals surface area contributed by atoms with Crippen LogP contribution in [-0.2, 0) is 29.0 Å². The number of benzene rings is 2. The molecule has 2 heterocycles. The molecular weight excluding hydrogens is 479 g/mol. The molecule has 0 spiro atoms. The zero-order valence-electron chi connectivity index (χ0n) is 19.8. The Morgan fingerprint density at radius 2 is 1.68 bits per heavy atom. The van der Waals surface area contributed by atoms with E-state index in [1.165, 1.54) is 24.3 Å². The highest BCUT2D eigenvalue weighted by Gasteiger charge is 2.25. The second-order valence-corrected chi connectivity index (χ2v) is 8.03. The van der Waals surface area contributed by atoms with Crippen LogP contribution < -0.4 is 10.2 Å². The van der Waals surface area contributed by atoms with Gasteiger partial charge in [0.15, 0.2) is 5.76 Å². The van der Waals surface area contributed by atoms with Gasteiger partial charge in [0.1, 0.15) is 23.9 Å². The minimum atomic E-state index is -0.685. The van der Waals surface area contributed by atoms with Gasteiger partial charge in [-0.05, 0) is 35.4 Å². The molecule has 0 aliphatic heterocycles. The predicted octanol–water partition coefficient (Wildman–Crippen LogP) is 5.04. The molecule has 2 aromatic carbocycles. The number of halogens is 1. The molecule has 37 heavy (non-hydrogen) atoms. The number of esters is 1. The highest BCUT2D eigenvalue weighted by atomic mass is 19.1. The maximum atomic E-state index is 13.4. The van der Waals surface area contributed by atoms with Crippen LogP contribution in [-0.4, -0.2) is 18.4 Å². The van der Waals surface area contributed by atoms with Gasteiger partial charge in [-0.1, -0.05) is 49.0 Å². The van der Waals surface area contributed by atoms with Crippen molar-refractivity contribution in [3.63, 3.8) is 0 Å². The molecule has 2 aromatic heterocycles. The number of ketones is 1. The van der Waals surface area contributed by atoms with E-state index in [9.17, 15) is 18.8 Å². The summed E-state index contributed by atoms with van der Waals surface area (Å²) in [6.45, 7) is 3.29. The molecule has 4 aromatic rings. The molecule has 0 saturated carbocycles. The van der Waals surface area contributed by atoms with E-state index in [1.807, 2.05) is 30.3 Å². The molecule has 0 N–H and O–H groups in total. The predicted molar refractivity (Wildman–Crippen MR) is 132 cm³/mol. The first-order valence-corrected chi connectivity index (χ1v) is 11.4. The Balaban J connectivity index is 1.60. The van der Waals surface area contributed by atoms with Crippen LogP contribution in [0.3, 0.4) is 0 Å². The average Bonchev–Trinajstić information content (AvgIpc) is 3.37. The minimum absolute atomic E-state index is 0.0378. The van der Waals surface area contributed by atoms with Gasteiger partial charge in [-0.15, -0.1) is 0 Å². The number of carbonyl (C=O) groups is 2. The number of furan rings is 1. The van der Waals surface area contributed by atoms with Crippen molar-refractivity contribution >= 4 is 11.8 Å². The van der Waals surface area contributed by atoms with Crippen molar-refractivity contribution < 1.29 is 32.3 Å². The van der Waals surface area contributed by atoms with Crippen LogP contribution in [0.5, 0.6) is 5.75 Å². The van der Waals surface area contributed by atoms with Crippen LogP contribution in [0.15, 0.2) is 99.1 Å². The summed E-state index contributed by atoms with van der Waals surface area (Å²) in [5, 5.41) is 0. The third-order valence-corrected chi connectivity index (χ3v) is 5.32. The van der Waals surface area contributed by atoms with Gasteiger partial charge in [0.05, 0.1) is 6.61 Å². The van der Waals surface area contributed by atoms with E-state index < -0.39 is 17.2 Å². The van der Waals surface area contributed by atoms with Gasteiger partial charge in [0.25, 0.3) is 5.78 Å². The molecule has 0 aliphatic carbocycles. The zero-order valence-corrected chi connectivity index (χ0v) is 19.8. The van der Waals surface area contributed by atoms with E-state index in [-0.39, 0.29) is 48.5 Å². The Kier molecular flexibility index (Phi) is 8.10. The number of hydrogen-bond acceptors (Lipinski definition) is 7. The van der Waals surface area contributed by atoms with Gasteiger partial charge in [0, 0.05) is 25.0 Å². The lowest BCUT2D eigenvalue weighted by molar-refractivity contribution is -0.137. The van der Waals surface area contributed by atoms with Crippen LogP contribution in [0.25, 0.3) is 0 Å². The van der Waals surface area contributed by atoms with Gasteiger partial charge in [-0.3, -0.25) is 9.59 Å².